The van der Waals surface area contributed by atoms with Gasteiger partial charge in [0.25, 0.3) is 0 Å². The number of nitrogens with two attached hydrogens (primary N) is 1. The molecule has 4 N–H and O–H groups in total. The topological polar surface area (TPSA) is 158 Å². The number of aromatic hydroxyl groups is 1. The van der Waals surface area contributed by atoms with Crippen LogP contribution in [0.1, 0.15) is 34.3 Å². The number of fused-ring (bicyclic) bond motifs is 3. The molecule has 0 radical (unpaired) electrons. The highest BCUT2D eigenvalue weighted by Gasteiger charge is 2.69. The van der Waals surface area contributed by atoms with Crippen LogP contribution in [-0.4, -0.2) is 95.4 Å². The average molecular weight is 500 g/mol. The van der Waals surface area contributed by atoms with Crippen molar-refractivity contribution in [2.75, 3.05) is 34.7 Å². The molecule has 2 unspecified atom stereocenters. The van der Waals surface area contributed by atoms with Crippen LogP contribution < -0.4 is 5.73 Å². The summed E-state index contributed by atoms with van der Waals surface area (Å²) in [6.07, 6.45) is 1.84. The van der Waals surface area contributed by atoms with Crippen molar-refractivity contribution in [1.82, 2.24) is 9.80 Å². The van der Waals surface area contributed by atoms with E-state index in [0.29, 0.717) is 12.0 Å². The minimum Gasteiger partial charge on any atom is -0.507 e. The first-order chi connectivity index (χ1) is 16.8. The van der Waals surface area contributed by atoms with Gasteiger partial charge in [0.2, 0.25) is 5.91 Å². The molecule has 0 saturated heterocycles. The van der Waals surface area contributed by atoms with Gasteiger partial charge in [0.1, 0.15) is 5.75 Å². The van der Waals surface area contributed by atoms with Crippen LogP contribution in [-0.2, 0) is 32.0 Å². The molecular weight excluding hydrogens is 466 g/mol. The molecule has 2 saturated carbocycles. The van der Waals surface area contributed by atoms with E-state index in [4.69, 9.17) is 5.73 Å². The Bertz CT molecular complexity index is 1160. The Morgan fingerprint density at radius 1 is 1.11 bits per heavy atom. The number of phenols is 1. The summed E-state index contributed by atoms with van der Waals surface area (Å²) in [4.78, 5) is 69.4. The minimum atomic E-state index is -2.70. The minimum absolute atomic E-state index is 0.0453. The summed E-state index contributed by atoms with van der Waals surface area (Å²) < 4.78 is 0. The smallest absolute Gasteiger partial charge is 0.235 e. The molecule has 6 atom stereocenters. The number of carbonyl (C=O) groups is 5. The van der Waals surface area contributed by atoms with E-state index in [0.717, 1.165) is 18.5 Å². The number of rotatable bonds is 6. The zero-order chi connectivity index (χ0) is 26.7. The predicted molar refractivity (Wildman–Crippen MR) is 128 cm³/mol. The summed E-state index contributed by atoms with van der Waals surface area (Å²) in [6.45, 7) is 0.832. The summed E-state index contributed by atoms with van der Waals surface area (Å²) in [6, 6.07) is 2.12. The first kappa shape index (κ1) is 26.1. The van der Waals surface area contributed by atoms with Gasteiger partial charge in [-0.1, -0.05) is 6.07 Å². The van der Waals surface area contributed by atoms with E-state index < -0.39 is 64.4 Å². The number of hydrogen-bond acceptors (Lipinski definition) is 9. The molecule has 2 fully saturated rings. The molecule has 3 aliphatic rings. The van der Waals surface area contributed by atoms with E-state index >= 15 is 0 Å². The molecule has 0 heterocycles. The van der Waals surface area contributed by atoms with Crippen LogP contribution in [0, 0.1) is 23.7 Å². The number of aryl methyl sites for hydroxylation is 1. The van der Waals surface area contributed by atoms with Gasteiger partial charge >= 0.3 is 0 Å². The second kappa shape index (κ2) is 9.17. The zero-order valence-corrected chi connectivity index (χ0v) is 21.0. The normalized spacial score (nSPS) is 31.9. The third-order valence-electron chi connectivity index (χ3n) is 8.09. The number of carbonyl (C=O) groups excluding carboxylic acids is 5. The molecule has 0 bridgehead atoms. The number of phenolic OH excluding ortho intramolecular Hbond substituents is 1. The Labute approximate surface area is 209 Å². The highest BCUT2D eigenvalue weighted by atomic mass is 16.3. The Kier molecular flexibility index (Phi) is 6.65. The van der Waals surface area contributed by atoms with Crippen LogP contribution in [0.4, 0.5) is 0 Å². The van der Waals surface area contributed by atoms with Gasteiger partial charge in [0, 0.05) is 5.92 Å². The third kappa shape index (κ3) is 3.79. The molecule has 1 aromatic carbocycles. The van der Waals surface area contributed by atoms with E-state index in [2.05, 4.69) is 0 Å². The number of hydrogen-bond donors (Lipinski definition) is 3. The molecule has 3 aliphatic carbocycles. The van der Waals surface area contributed by atoms with Gasteiger partial charge in [0.15, 0.2) is 34.7 Å². The average Bonchev–Trinajstić information content (AvgIpc) is 2.77. The largest absolute Gasteiger partial charge is 0.507 e. The number of amides is 1. The van der Waals surface area contributed by atoms with Gasteiger partial charge in [-0.15, -0.1) is 0 Å². The number of primary amides is 1. The molecule has 10 heteroatoms. The Morgan fingerprint density at radius 2 is 1.78 bits per heavy atom. The van der Waals surface area contributed by atoms with Gasteiger partial charge in [-0.2, -0.15) is 0 Å². The number of aliphatic hydroxyl groups is 1. The highest BCUT2D eigenvalue weighted by Crippen LogP contribution is 2.51. The number of benzene rings is 1. The van der Waals surface area contributed by atoms with Crippen molar-refractivity contribution in [3.05, 3.63) is 28.8 Å². The number of Topliss-reactive ketones (excluding diaryl/α,β-unsaturated/α-hetero) is 4. The molecule has 36 heavy (non-hydrogen) atoms. The van der Waals surface area contributed by atoms with Gasteiger partial charge < -0.3 is 20.8 Å². The van der Waals surface area contributed by atoms with Crippen LogP contribution in [0.25, 0.3) is 0 Å². The number of likely N-dealkylation sites (N-methyl/N-ethyl adjacent to an activating group) is 1. The number of nitrogens with zero attached hydrogens (tertiary/aromatic N) is 2. The third-order valence-corrected chi connectivity index (χ3v) is 8.09. The number of ketones is 4. The lowest BCUT2D eigenvalue weighted by molar-refractivity contribution is -0.181. The lowest BCUT2D eigenvalue weighted by Crippen LogP contribution is -2.74. The van der Waals surface area contributed by atoms with Gasteiger partial charge in [-0.05, 0) is 83.5 Å². The van der Waals surface area contributed by atoms with Crippen molar-refractivity contribution in [1.29, 1.82) is 0 Å². The summed E-state index contributed by atoms with van der Waals surface area (Å²) in [5.74, 6) is -10.2. The first-order valence-corrected chi connectivity index (χ1v) is 12.1. The van der Waals surface area contributed by atoms with Crippen LogP contribution in [0.2, 0.25) is 0 Å². The first-order valence-electron chi connectivity index (χ1n) is 12.1. The van der Waals surface area contributed by atoms with E-state index in [1.807, 2.05) is 19.0 Å². The second-order valence-corrected chi connectivity index (χ2v) is 10.8. The summed E-state index contributed by atoms with van der Waals surface area (Å²) in [5.41, 5.74) is 4.25. The lowest BCUT2D eigenvalue weighted by atomic mass is 9.52. The molecule has 4 rings (SSSR count). The van der Waals surface area contributed by atoms with Crippen molar-refractivity contribution in [3.63, 3.8) is 0 Å². The highest BCUT2D eigenvalue weighted by molar-refractivity contribution is 6.32. The van der Waals surface area contributed by atoms with Crippen molar-refractivity contribution in [2.24, 2.45) is 29.4 Å². The Morgan fingerprint density at radius 3 is 2.36 bits per heavy atom. The maximum Gasteiger partial charge on any atom is 0.235 e. The maximum atomic E-state index is 13.8. The Hall–Kier alpha value is -2.95. The van der Waals surface area contributed by atoms with Crippen LogP contribution in [0.5, 0.6) is 5.75 Å². The van der Waals surface area contributed by atoms with Crippen molar-refractivity contribution in [2.45, 2.75) is 37.3 Å². The quantitative estimate of drug-likeness (QED) is 0.433. The molecule has 0 spiro atoms. The lowest BCUT2D eigenvalue weighted by Gasteiger charge is -2.52. The fourth-order valence-electron chi connectivity index (χ4n) is 6.49. The predicted octanol–water partition coefficient (Wildman–Crippen LogP) is -0.639. The zero-order valence-electron chi connectivity index (χ0n) is 21.0. The monoisotopic (exact) mass is 499 g/mol. The molecule has 10 nitrogen and oxygen atoms in total. The fraction of sp³-hybridized carbons (Fsp3) is 0.577. The Balaban J connectivity index is 1.79. The summed E-state index contributed by atoms with van der Waals surface area (Å²) in [5, 5.41) is 22.1. The van der Waals surface area contributed by atoms with Crippen molar-refractivity contribution in [3.8, 4) is 5.75 Å². The maximum absolute atomic E-state index is 13.8. The van der Waals surface area contributed by atoms with E-state index in [1.165, 1.54) is 11.0 Å². The van der Waals surface area contributed by atoms with Crippen molar-refractivity contribution >= 4 is 29.0 Å². The summed E-state index contributed by atoms with van der Waals surface area (Å²) in [7, 11) is 7.06. The molecule has 0 aliphatic heterocycles. The molecule has 1 aromatic rings. The van der Waals surface area contributed by atoms with Crippen LogP contribution in [0.3, 0.4) is 0 Å². The molecular formula is C26H33N3O7. The molecule has 1 amide bonds. The standard InChI is InChI=1S/C26H33N3O7/c1-28(2)9-5-6-12-7-8-16(30)18-14(12)10-13-11-15-20(29(3)4)22(32)19(25(27)35)24(34)26(15,36)23(33)17(13)21(18)31/h7-8,13,15,17,19-20,30,36H,5-6,9-11H2,1-4H3,(H2,27,35)/t13-,15-,17?,19?,20-,26-/m1/s1. The second-order valence-electron chi connectivity index (χ2n) is 10.8. The summed E-state index contributed by atoms with van der Waals surface area (Å²) >= 11 is 0. The van der Waals surface area contributed by atoms with Gasteiger partial charge in [-0.3, -0.25) is 28.9 Å². The molecule has 0 aromatic heterocycles. The van der Waals surface area contributed by atoms with Crippen molar-refractivity contribution < 1.29 is 34.2 Å². The van der Waals surface area contributed by atoms with Gasteiger partial charge in [0.05, 0.1) is 17.5 Å². The van der Waals surface area contributed by atoms with Crippen LogP contribution >= 0.6 is 0 Å². The van der Waals surface area contributed by atoms with E-state index in [1.54, 1.807) is 20.2 Å². The van der Waals surface area contributed by atoms with E-state index in [-0.39, 0.29) is 24.2 Å². The molecule has 194 valence electrons. The van der Waals surface area contributed by atoms with E-state index in [9.17, 15) is 34.2 Å². The fourth-order valence-corrected chi connectivity index (χ4v) is 6.49. The van der Waals surface area contributed by atoms with Gasteiger partial charge in [-0.25, -0.2) is 0 Å². The van der Waals surface area contributed by atoms with Crippen LogP contribution in [0.15, 0.2) is 12.1 Å². The SMILES string of the molecule is CN(C)CCCc1ccc(O)c2c1C[C@@H]1C[C@@H]3[C@@H](N(C)C)C(=O)C(C(N)=O)C(=O)[C@]3(O)C(=O)C1C2=O.